The van der Waals surface area contributed by atoms with Gasteiger partial charge in [-0.15, -0.1) is 0 Å². The van der Waals surface area contributed by atoms with Crippen molar-refractivity contribution in [2.45, 2.75) is 6.92 Å². The van der Waals surface area contributed by atoms with Gasteiger partial charge in [0.05, 0.1) is 31.5 Å². The van der Waals surface area contributed by atoms with Crippen LogP contribution in [0.15, 0.2) is 30.3 Å². The SMILES string of the molecule is COc1cc(OC)nc(N(C(C)=O)c2ccccc2C(=O)O)n1. The summed E-state index contributed by atoms with van der Waals surface area (Å²) in [5, 5.41) is 9.32. The number of anilines is 2. The molecule has 1 heterocycles. The van der Waals surface area contributed by atoms with Crippen LogP contribution < -0.4 is 14.4 Å². The molecule has 1 aromatic heterocycles. The molecule has 0 atom stereocenters. The van der Waals surface area contributed by atoms with E-state index in [2.05, 4.69) is 9.97 Å². The minimum atomic E-state index is -1.17. The number of aromatic nitrogens is 2. The molecule has 8 heteroatoms. The van der Waals surface area contributed by atoms with E-state index < -0.39 is 11.9 Å². The number of nitrogens with zero attached hydrogens (tertiary/aromatic N) is 3. The van der Waals surface area contributed by atoms with Crippen LogP contribution in [0.1, 0.15) is 17.3 Å². The number of carbonyl (C=O) groups excluding carboxylic acids is 1. The monoisotopic (exact) mass is 317 g/mol. The first-order chi connectivity index (χ1) is 11.0. The summed E-state index contributed by atoms with van der Waals surface area (Å²) in [6.45, 7) is 1.29. The van der Waals surface area contributed by atoms with Crippen molar-refractivity contribution in [3.05, 3.63) is 35.9 Å². The van der Waals surface area contributed by atoms with Crippen LogP contribution in [0.2, 0.25) is 0 Å². The molecule has 0 aliphatic rings. The lowest BCUT2D eigenvalue weighted by atomic mass is 10.1. The number of carboxylic acids is 1. The minimum absolute atomic E-state index is 0.0394. The first kappa shape index (κ1) is 16.2. The predicted molar refractivity (Wildman–Crippen MR) is 81.4 cm³/mol. The van der Waals surface area contributed by atoms with Crippen molar-refractivity contribution in [1.82, 2.24) is 9.97 Å². The second-order valence-corrected chi connectivity index (χ2v) is 4.43. The summed E-state index contributed by atoms with van der Waals surface area (Å²) in [6, 6.07) is 7.53. The molecule has 0 radical (unpaired) electrons. The molecule has 120 valence electrons. The summed E-state index contributed by atoms with van der Waals surface area (Å²) in [6.07, 6.45) is 0. The summed E-state index contributed by atoms with van der Waals surface area (Å²) in [4.78, 5) is 32.8. The van der Waals surface area contributed by atoms with Gasteiger partial charge >= 0.3 is 5.97 Å². The van der Waals surface area contributed by atoms with Crippen molar-refractivity contribution in [3.8, 4) is 11.8 Å². The van der Waals surface area contributed by atoms with Crippen molar-refractivity contribution < 1.29 is 24.2 Å². The Morgan fingerprint density at radius 1 is 1.09 bits per heavy atom. The van der Waals surface area contributed by atoms with Crippen molar-refractivity contribution >= 4 is 23.5 Å². The largest absolute Gasteiger partial charge is 0.481 e. The Kier molecular flexibility index (Phi) is 4.75. The number of amides is 1. The summed E-state index contributed by atoms with van der Waals surface area (Å²) in [7, 11) is 2.82. The van der Waals surface area contributed by atoms with Gasteiger partial charge in [-0.1, -0.05) is 12.1 Å². The van der Waals surface area contributed by atoms with Crippen molar-refractivity contribution in [2.24, 2.45) is 0 Å². The lowest BCUT2D eigenvalue weighted by Gasteiger charge is -2.21. The Hall–Kier alpha value is -3.16. The number of methoxy groups -OCH3 is 2. The van der Waals surface area contributed by atoms with Crippen LogP contribution in [0.5, 0.6) is 11.8 Å². The second kappa shape index (κ2) is 6.73. The highest BCUT2D eigenvalue weighted by atomic mass is 16.5. The Labute approximate surface area is 132 Å². The van der Waals surface area contributed by atoms with E-state index in [0.29, 0.717) is 0 Å². The second-order valence-electron chi connectivity index (χ2n) is 4.43. The molecular weight excluding hydrogens is 302 g/mol. The fraction of sp³-hybridized carbons (Fsp3) is 0.200. The Bertz CT molecular complexity index is 725. The van der Waals surface area contributed by atoms with Gasteiger partial charge in [-0.3, -0.25) is 4.79 Å². The topological polar surface area (TPSA) is 102 Å². The van der Waals surface area contributed by atoms with Gasteiger partial charge < -0.3 is 14.6 Å². The highest BCUT2D eigenvalue weighted by molar-refractivity contribution is 6.04. The molecule has 0 saturated heterocycles. The zero-order valence-electron chi connectivity index (χ0n) is 12.8. The van der Waals surface area contributed by atoms with Crippen LogP contribution >= 0.6 is 0 Å². The zero-order chi connectivity index (χ0) is 17.0. The average molecular weight is 317 g/mol. The van der Waals surface area contributed by atoms with E-state index in [4.69, 9.17) is 9.47 Å². The molecule has 8 nitrogen and oxygen atoms in total. The molecule has 2 rings (SSSR count). The highest BCUT2D eigenvalue weighted by Crippen LogP contribution is 2.29. The smallest absolute Gasteiger partial charge is 0.337 e. The van der Waals surface area contributed by atoms with Crippen LogP contribution in [0, 0.1) is 0 Å². The number of hydrogen-bond donors (Lipinski definition) is 1. The van der Waals surface area contributed by atoms with Crippen molar-refractivity contribution in [2.75, 3.05) is 19.1 Å². The number of carbonyl (C=O) groups is 2. The summed E-state index contributed by atoms with van der Waals surface area (Å²) in [5.74, 6) is -1.28. The van der Waals surface area contributed by atoms with E-state index in [0.717, 1.165) is 4.90 Å². The maximum Gasteiger partial charge on any atom is 0.337 e. The normalized spacial score (nSPS) is 10.0. The van der Waals surface area contributed by atoms with Crippen LogP contribution in [0.3, 0.4) is 0 Å². The van der Waals surface area contributed by atoms with Gasteiger partial charge in [-0.2, -0.15) is 9.97 Å². The number of para-hydroxylation sites is 1. The number of carboxylic acid groups (broad SMARTS) is 1. The van der Waals surface area contributed by atoms with Crippen LogP contribution in [-0.4, -0.2) is 41.2 Å². The Balaban J connectivity index is 2.65. The standard InChI is InChI=1S/C15H15N3O5/c1-9(19)18(11-7-5-4-6-10(11)14(20)21)15-16-12(22-2)8-13(17-15)23-3/h4-8H,1-3H3,(H,20,21). The first-order valence-electron chi connectivity index (χ1n) is 6.58. The van der Waals surface area contributed by atoms with E-state index in [1.807, 2.05) is 0 Å². The van der Waals surface area contributed by atoms with E-state index >= 15 is 0 Å². The predicted octanol–water partition coefficient (Wildman–Crippen LogP) is 1.88. The third-order valence-corrected chi connectivity index (χ3v) is 2.98. The van der Waals surface area contributed by atoms with Crippen LogP contribution in [-0.2, 0) is 4.79 Å². The summed E-state index contributed by atoms with van der Waals surface area (Å²) >= 11 is 0. The molecule has 0 bridgehead atoms. The molecule has 0 unspecified atom stereocenters. The highest BCUT2D eigenvalue weighted by Gasteiger charge is 2.24. The Morgan fingerprint density at radius 2 is 1.65 bits per heavy atom. The van der Waals surface area contributed by atoms with Gasteiger partial charge in [-0.05, 0) is 12.1 Å². The van der Waals surface area contributed by atoms with E-state index in [1.165, 1.54) is 39.3 Å². The van der Waals surface area contributed by atoms with E-state index in [1.54, 1.807) is 12.1 Å². The molecular formula is C15H15N3O5. The zero-order valence-corrected chi connectivity index (χ0v) is 12.8. The molecule has 2 aromatic rings. The van der Waals surface area contributed by atoms with Crippen LogP contribution in [0.25, 0.3) is 0 Å². The van der Waals surface area contributed by atoms with Crippen molar-refractivity contribution in [3.63, 3.8) is 0 Å². The van der Waals surface area contributed by atoms with Gasteiger partial charge in [0.15, 0.2) is 0 Å². The number of ether oxygens (including phenoxy) is 2. The molecule has 0 saturated carbocycles. The van der Waals surface area contributed by atoms with Gasteiger partial charge in [-0.25, -0.2) is 9.69 Å². The van der Waals surface area contributed by atoms with E-state index in [-0.39, 0.29) is 29.0 Å². The molecule has 1 amide bonds. The van der Waals surface area contributed by atoms with Gasteiger partial charge in [0.25, 0.3) is 0 Å². The number of aromatic carboxylic acids is 1. The lowest BCUT2D eigenvalue weighted by Crippen LogP contribution is -2.27. The third-order valence-electron chi connectivity index (χ3n) is 2.98. The molecule has 1 N–H and O–H groups in total. The fourth-order valence-corrected chi connectivity index (χ4v) is 1.97. The molecule has 0 aliphatic heterocycles. The maximum atomic E-state index is 12.1. The molecule has 0 aliphatic carbocycles. The molecule has 0 fully saturated rings. The quantitative estimate of drug-likeness (QED) is 0.898. The lowest BCUT2D eigenvalue weighted by molar-refractivity contribution is -0.115. The van der Waals surface area contributed by atoms with E-state index in [9.17, 15) is 14.7 Å². The minimum Gasteiger partial charge on any atom is -0.481 e. The number of rotatable bonds is 5. The van der Waals surface area contributed by atoms with Crippen molar-refractivity contribution in [1.29, 1.82) is 0 Å². The van der Waals surface area contributed by atoms with Gasteiger partial charge in [0.2, 0.25) is 23.6 Å². The average Bonchev–Trinajstić information content (AvgIpc) is 2.54. The first-order valence-corrected chi connectivity index (χ1v) is 6.58. The number of hydrogen-bond acceptors (Lipinski definition) is 6. The summed E-state index contributed by atoms with van der Waals surface area (Å²) < 4.78 is 10.1. The van der Waals surface area contributed by atoms with Gasteiger partial charge in [0, 0.05) is 6.92 Å². The number of benzene rings is 1. The molecule has 23 heavy (non-hydrogen) atoms. The van der Waals surface area contributed by atoms with Gasteiger partial charge in [0.1, 0.15) is 0 Å². The fourth-order valence-electron chi connectivity index (χ4n) is 1.97. The third kappa shape index (κ3) is 3.37. The maximum absolute atomic E-state index is 12.1. The Morgan fingerprint density at radius 3 is 2.13 bits per heavy atom. The molecule has 0 spiro atoms. The summed E-state index contributed by atoms with van der Waals surface area (Å²) in [5.41, 5.74) is 0.107. The molecule has 1 aromatic carbocycles. The van der Waals surface area contributed by atoms with Crippen LogP contribution in [0.4, 0.5) is 11.6 Å².